The highest BCUT2D eigenvalue weighted by atomic mass is 15.2. The Morgan fingerprint density at radius 1 is 1.00 bits per heavy atom. The number of hydrogen-bond donors (Lipinski definition) is 1. The lowest BCUT2D eigenvalue weighted by Crippen LogP contribution is -2.30. The van der Waals surface area contributed by atoms with Gasteiger partial charge in [0.2, 0.25) is 5.95 Å². The molecule has 0 aliphatic carbocycles. The monoisotopic (exact) mass is 269 g/mol. The number of anilines is 2. The topological polar surface area (TPSA) is 53.9 Å². The summed E-state index contributed by atoms with van der Waals surface area (Å²) >= 11 is 0. The molecule has 20 heavy (non-hydrogen) atoms. The fourth-order valence-electron chi connectivity index (χ4n) is 2.41. The van der Waals surface area contributed by atoms with Crippen molar-refractivity contribution >= 4 is 11.8 Å². The fraction of sp³-hybridized carbons (Fsp3) is 0.400. The van der Waals surface area contributed by atoms with Crippen LogP contribution in [-0.2, 0) is 6.54 Å². The van der Waals surface area contributed by atoms with Crippen molar-refractivity contribution in [3.63, 3.8) is 0 Å². The summed E-state index contributed by atoms with van der Waals surface area (Å²) in [6, 6.07) is 7.87. The van der Waals surface area contributed by atoms with Crippen molar-refractivity contribution < 1.29 is 0 Å². The van der Waals surface area contributed by atoms with Gasteiger partial charge in [-0.2, -0.15) is 4.98 Å². The van der Waals surface area contributed by atoms with Gasteiger partial charge >= 0.3 is 0 Å². The minimum atomic E-state index is 0.643. The van der Waals surface area contributed by atoms with Crippen LogP contribution in [0.2, 0.25) is 0 Å². The maximum absolute atomic E-state index is 4.59. The molecule has 2 aromatic heterocycles. The molecule has 0 aromatic carbocycles. The summed E-state index contributed by atoms with van der Waals surface area (Å²) in [5.74, 6) is 1.68. The van der Waals surface area contributed by atoms with Crippen molar-refractivity contribution in [3.8, 4) is 0 Å². The molecule has 0 radical (unpaired) electrons. The molecule has 5 heteroatoms. The molecule has 0 unspecified atom stereocenters. The fourth-order valence-corrected chi connectivity index (χ4v) is 2.41. The number of aromatic nitrogens is 3. The predicted octanol–water partition coefficient (Wildman–Crippen LogP) is 2.47. The minimum Gasteiger partial charge on any atom is -0.356 e. The number of rotatable bonds is 4. The smallest absolute Gasteiger partial charge is 0.224 e. The second-order valence-corrected chi connectivity index (χ2v) is 4.96. The van der Waals surface area contributed by atoms with Gasteiger partial charge in [-0.05, 0) is 37.5 Å². The SMILES string of the molecule is c1ccc(CNc2nccc(N3CCCCC3)n2)nc1. The number of hydrogen-bond acceptors (Lipinski definition) is 5. The lowest BCUT2D eigenvalue weighted by atomic mass is 10.1. The van der Waals surface area contributed by atoms with Crippen molar-refractivity contribution in [3.05, 3.63) is 42.4 Å². The average molecular weight is 269 g/mol. The molecule has 0 spiro atoms. The molecular weight excluding hydrogens is 250 g/mol. The van der Waals surface area contributed by atoms with E-state index in [9.17, 15) is 0 Å². The normalized spacial score (nSPS) is 15.1. The molecule has 3 rings (SSSR count). The Balaban J connectivity index is 1.65. The van der Waals surface area contributed by atoms with E-state index in [1.807, 2.05) is 30.5 Å². The molecule has 5 nitrogen and oxygen atoms in total. The molecule has 1 fully saturated rings. The summed E-state index contributed by atoms with van der Waals surface area (Å²) in [6.45, 7) is 2.83. The van der Waals surface area contributed by atoms with Crippen molar-refractivity contribution in [2.24, 2.45) is 0 Å². The molecule has 0 bridgehead atoms. The number of nitrogens with zero attached hydrogens (tertiary/aromatic N) is 4. The Morgan fingerprint density at radius 3 is 2.70 bits per heavy atom. The van der Waals surface area contributed by atoms with E-state index in [1.54, 1.807) is 6.20 Å². The Bertz CT molecular complexity index is 537. The van der Waals surface area contributed by atoms with Crippen LogP contribution in [-0.4, -0.2) is 28.0 Å². The van der Waals surface area contributed by atoms with Gasteiger partial charge in [0.15, 0.2) is 0 Å². The van der Waals surface area contributed by atoms with Crippen LogP contribution in [0.1, 0.15) is 25.0 Å². The zero-order valence-corrected chi connectivity index (χ0v) is 11.5. The number of nitrogens with one attached hydrogen (secondary N) is 1. The van der Waals surface area contributed by atoms with Gasteiger partial charge in [-0.25, -0.2) is 4.98 Å². The van der Waals surface area contributed by atoms with Gasteiger partial charge in [0, 0.05) is 25.5 Å². The second-order valence-electron chi connectivity index (χ2n) is 4.96. The maximum Gasteiger partial charge on any atom is 0.224 e. The Kier molecular flexibility index (Phi) is 4.06. The van der Waals surface area contributed by atoms with Gasteiger partial charge in [-0.15, -0.1) is 0 Å². The molecule has 3 heterocycles. The molecule has 2 aromatic rings. The van der Waals surface area contributed by atoms with Gasteiger partial charge in [-0.1, -0.05) is 6.07 Å². The minimum absolute atomic E-state index is 0.643. The first kappa shape index (κ1) is 12.8. The van der Waals surface area contributed by atoms with Crippen molar-refractivity contribution in [1.29, 1.82) is 0 Å². The largest absolute Gasteiger partial charge is 0.356 e. The van der Waals surface area contributed by atoms with Crippen LogP contribution in [0, 0.1) is 0 Å². The zero-order chi connectivity index (χ0) is 13.6. The van der Waals surface area contributed by atoms with E-state index < -0.39 is 0 Å². The van der Waals surface area contributed by atoms with Crippen LogP contribution in [0.25, 0.3) is 0 Å². The highest BCUT2D eigenvalue weighted by Crippen LogP contribution is 2.18. The van der Waals surface area contributed by atoms with E-state index in [1.165, 1.54) is 19.3 Å². The molecule has 0 saturated carbocycles. The second kappa shape index (κ2) is 6.32. The Hall–Kier alpha value is -2.17. The van der Waals surface area contributed by atoms with Gasteiger partial charge in [-0.3, -0.25) is 4.98 Å². The molecule has 0 amide bonds. The first-order valence-electron chi connectivity index (χ1n) is 7.13. The highest BCUT2D eigenvalue weighted by Gasteiger charge is 2.12. The highest BCUT2D eigenvalue weighted by molar-refractivity contribution is 5.42. The van der Waals surface area contributed by atoms with E-state index in [4.69, 9.17) is 0 Å². The third-order valence-corrected chi connectivity index (χ3v) is 3.47. The van der Waals surface area contributed by atoms with Crippen molar-refractivity contribution in [1.82, 2.24) is 15.0 Å². The van der Waals surface area contributed by atoms with Crippen LogP contribution < -0.4 is 10.2 Å². The summed E-state index contributed by atoms with van der Waals surface area (Å²) in [4.78, 5) is 15.5. The maximum atomic E-state index is 4.59. The van der Waals surface area contributed by atoms with Crippen molar-refractivity contribution in [2.75, 3.05) is 23.3 Å². The predicted molar refractivity (Wildman–Crippen MR) is 79.7 cm³/mol. The summed E-state index contributed by atoms with van der Waals surface area (Å²) in [5, 5.41) is 3.23. The number of pyridine rings is 1. The summed E-state index contributed by atoms with van der Waals surface area (Å²) in [5.41, 5.74) is 0.986. The van der Waals surface area contributed by atoms with E-state index in [0.717, 1.165) is 24.6 Å². The van der Waals surface area contributed by atoms with E-state index in [2.05, 4.69) is 25.2 Å². The molecule has 1 aliphatic rings. The van der Waals surface area contributed by atoms with Crippen LogP contribution >= 0.6 is 0 Å². The first-order valence-corrected chi connectivity index (χ1v) is 7.13. The van der Waals surface area contributed by atoms with Crippen molar-refractivity contribution in [2.45, 2.75) is 25.8 Å². The summed E-state index contributed by atoms with van der Waals surface area (Å²) in [6.07, 6.45) is 7.44. The first-order chi connectivity index (χ1) is 9.92. The van der Waals surface area contributed by atoms with Crippen LogP contribution in [0.5, 0.6) is 0 Å². The summed E-state index contributed by atoms with van der Waals surface area (Å²) in [7, 11) is 0. The van der Waals surface area contributed by atoms with E-state index in [0.29, 0.717) is 12.5 Å². The number of piperidine rings is 1. The van der Waals surface area contributed by atoms with Crippen LogP contribution in [0.3, 0.4) is 0 Å². The molecule has 1 N–H and O–H groups in total. The van der Waals surface area contributed by atoms with Gasteiger partial charge in [0.25, 0.3) is 0 Å². The Morgan fingerprint density at radius 2 is 1.90 bits per heavy atom. The average Bonchev–Trinajstić information content (AvgIpc) is 2.55. The third-order valence-electron chi connectivity index (χ3n) is 3.47. The molecule has 0 atom stereocenters. The van der Waals surface area contributed by atoms with E-state index in [-0.39, 0.29) is 0 Å². The quantitative estimate of drug-likeness (QED) is 0.924. The molecule has 1 saturated heterocycles. The lowest BCUT2D eigenvalue weighted by molar-refractivity contribution is 0.573. The van der Waals surface area contributed by atoms with Crippen LogP contribution in [0.15, 0.2) is 36.7 Å². The van der Waals surface area contributed by atoms with E-state index >= 15 is 0 Å². The summed E-state index contributed by atoms with van der Waals surface area (Å²) < 4.78 is 0. The Labute approximate surface area is 119 Å². The van der Waals surface area contributed by atoms with Gasteiger partial charge < -0.3 is 10.2 Å². The van der Waals surface area contributed by atoms with Crippen LogP contribution in [0.4, 0.5) is 11.8 Å². The molecular formula is C15H19N5. The third kappa shape index (κ3) is 3.23. The molecule has 1 aliphatic heterocycles. The molecule has 104 valence electrons. The zero-order valence-electron chi connectivity index (χ0n) is 11.5. The van der Waals surface area contributed by atoms with Gasteiger partial charge in [0.1, 0.15) is 5.82 Å². The lowest BCUT2D eigenvalue weighted by Gasteiger charge is -2.27. The van der Waals surface area contributed by atoms with Gasteiger partial charge in [0.05, 0.1) is 12.2 Å². The standard InChI is InChI=1S/C15H19N5/c1-4-10-20(11-5-1)14-7-9-17-15(19-14)18-12-13-6-2-3-8-16-13/h2-3,6-9H,1,4-5,10-12H2,(H,17,18,19).